The Bertz CT molecular complexity index is 383. The lowest BCUT2D eigenvalue weighted by molar-refractivity contribution is 0.157. The first-order chi connectivity index (χ1) is 7.24. The number of benzene rings is 1. The molecule has 1 aromatic rings. The molecule has 0 saturated carbocycles. The fraction of sp³-hybridized carbons (Fsp3) is 0.571. The summed E-state index contributed by atoms with van der Waals surface area (Å²) in [5.74, 6) is 0.843. The van der Waals surface area contributed by atoms with Crippen LogP contribution < -0.4 is 0 Å². The monoisotopic (exact) mass is 201 g/mol. The normalized spacial score (nSPS) is 30.0. The quantitative estimate of drug-likeness (QED) is 0.624. The van der Waals surface area contributed by atoms with E-state index < -0.39 is 0 Å². The average molecular weight is 201 g/mol. The maximum atomic E-state index is 2.54. The van der Waals surface area contributed by atoms with E-state index in [4.69, 9.17) is 0 Å². The smallest absolute Gasteiger partial charge is 0.0139 e. The van der Waals surface area contributed by atoms with Gasteiger partial charge in [0.15, 0.2) is 0 Å². The Morgan fingerprint density at radius 1 is 1.33 bits per heavy atom. The number of rotatable bonds is 0. The van der Waals surface area contributed by atoms with Gasteiger partial charge in [-0.3, -0.25) is 0 Å². The molecule has 2 aliphatic rings. The van der Waals surface area contributed by atoms with Crippen molar-refractivity contribution >= 4 is 0 Å². The highest BCUT2D eigenvalue weighted by atomic mass is 15.1. The molecule has 0 aromatic heterocycles. The van der Waals surface area contributed by atoms with E-state index in [0.717, 1.165) is 12.0 Å². The first-order valence-corrected chi connectivity index (χ1v) is 6.03. The third kappa shape index (κ3) is 1.50. The van der Waals surface area contributed by atoms with Gasteiger partial charge in [-0.2, -0.15) is 0 Å². The van der Waals surface area contributed by atoms with E-state index in [1.54, 1.807) is 11.1 Å². The lowest BCUT2D eigenvalue weighted by Crippen LogP contribution is -2.43. The summed E-state index contributed by atoms with van der Waals surface area (Å²) in [6.45, 7) is 3.48. The SMILES string of the molecule is Cc1ccc2c(c1)CC1CC2CCN1C. The summed E-state index contributed by atoms with van der Waals surface area (Å²) in [5, 5.41) is 0. The summed E-state index contributed by atoms with van der Waals surface area (Å²) in [5.41, 5.74) is 4.67. The van der Waals surface area contributed by atoms with Crippen LogP contribution in [0.25, 0.3) is 0 Å². The standard InChI is InChI=1S/C14H19N/c1-10-3-4-14-11-5-6-15(2)13(8-11)9-12(14)7-10/h3-4,7,11,13H,5-6,8-9H2,1-2H3. The highest BCUT2D eigenvalue weighted by Crippen LogP contribution is 2.39. The Morgan fingerprint density at radius 2 is 2.20 bits per heavy atom. The summed E-state index contributed by atoms with van der Waals surface area (Å²) in [6.07, 6.45) is 4.00. The Morgan fingerprint density at radius 3 is 3.07 bits per heavy atom. The van der Waals surface area contributed by atoms with Gasteiger partial charge in [-0.05, 0) is 56.8 Å². The molecule has 2 unspecified atom stereocenters. The molecule has 80 valence electrons. The van der Waals surface area contributed by atoms with Gasteiger partial charge in [0, 0.05) is 6.04 Å². The van der Waals surface area contributed by atoms with Crippen molar-refractivity contribution in [1.29, 1.82) is 0 Å². The van der Waals surface area contributed by atoms with E-state index in [-0.39, 0.29) is 0 Å². The highest BCUT2D eigenvalue weighted by Gasteiger charge is 2.32. The first-order valence-electron chi connectivity index (χ1n) is 6.03. The van der Waals surface area contributed by atoms with E-state index in [1.807, 2.05) is 0 Å². The van der Waals surface area contributed by atoms with Crippen LogP contribution in [-0.4, -0.2) is 24.5 Å². The summed E-state index contributed by atoms with van der Waals surface area (Å²) in [6, 6.07) is 7.85. The van der Waals surface area contributed by atoms with E-state index in [2.05, 4.69) is 37.1 Å². The molecule has 1 aromatic carbocycles. The number of fused-ring (bicyclic) bond motifs is 4. The summed E-state index contributed by atoms with van der Waals surface area (Å²) < 4.78 is 0. The second kappa shape index (κ2) is 3.34. The minimum Gasteiger partial charge on any atom is -0.303 e. The van der Waals surface area contributed by atoms with Crippen LogP contribution in [0.5, 0.6) is 0 Å². The highest BCUT2D eigenvalue weighted by molar-refractivity contribution is 5.37. The molecule has 1 heterocycles. The number of aryl methyl sites for hydroxylation is 1. The molecule has 2 atom stereocenters. The molecule has 15 heavy (non-hydrogen) atoms. The van der Waals surface area contributed by atoms with Gasteiger partial charge < -0.3 is 4.90 Å². The summed E-state index contributed by atoms with van der Waals surface area (Å²) >= 11 is 0. The van der Waals surface area contributed by atoms with Crippen molar-refractivity contribution in [2.75, 3.05) is 13.6 Å². The molecule has 3 rings (SSSR count). The number of nitrogens with zero attached hydrogens (tertiary/aromatic N) is 1. The summed E-state index contributed by atoms with van der Waals surface area (Å²) in [4.78, 5) is 2.54. The summed E-state index contributed by atoms with van der Waals surface area (Å²) in [7, 11) is 2.28. The lowest BCUT2D eigenvalue weighted by Gasteiger charge is -2.42. The van der Waals surface area contributed by atoms with Crippen molar-refractivity contribution in [2.45, 2.75) is 38.1 Å². The molecular weight excluding hydrogens is 182 g/mol. The number of hydrogen-bond donors (Lipinski definition) is 0. The average Bonchev–Trinajstić information content (AvgIpc) is 2.23. The Hall–Kier alpha value is -0.820. The van der Waals surface area contributed by atoms with Gasteiger partial charge in [0.25, 0.3) is 0 Å². The minimum absolute atomic E-state index is 0.804. The van der Waals surface area contributed by atoms with E-state index in [0.29, 0.717) is 0 Å². The van der Waals surface area contributed by atoms with Crippen LogP contribution >= 0.6 is 0 Å². The largest absolute Gasteiger partial charge is 0.303 e. The molecule has 1 aliphatic heterocycles. The third-order valence-electron chi connectivity index (χ3n) is 4.20. The van der Waals surface area contributed by atoms with Gasteiger partial charge in [-0.1, -0.05) is 23.8 Å². The van der Waals surface area contributed by atoms with Crippen LogP contribution in [0, 0.1) is 6.92 Å². The van der Waals surface area contributed by atoms with E-state index in [1.165, 1.54) is 31.4 Å². The van der Waals surface area contributed by atoms with Crippen LogP contribution in [0.1, 0.15) is 35.4 Å². The number of likely N-dealkylation sites (N-methyl/N-ethyl adjacent to an activating group) is 1. The van der Waals surface area contributed by atoms with Crippen molar-refractivity contribution < 1.29 is 0 Å². The zero-order valence-corrected chi connectivity index (χ0v) is 9.66. The molecule has 1 heteroatoms. The molecular formula is C14H19N. The van der Waals surface area contributed by atoms with Gasteiger partial charge in [0.2, 0.25) is 0 Å². The van der Waals surface area contributed by atoms with Crippen LogP contribution in [0.3, 0.4) is 0 Å². The van der Waals surface area contributed by atoms with E-state index >= 15 is 0 Å². The fourth-order valence-electron chi connectivity index (χ4n) is 3.25. The molecule has 1 saturated heterocycles. The zero-order valence-electron chi connectivity index (χ0n) is 9.66. The maximum Gasteiger partial charge on any atom is 0.0139 e. The van der Waals surface area contributed by atoms with Gasteiger partial charge in [-0.15, -0.1) is 0 Å². The Labute approximate surface area is 92.1 Å². The van der Waals surface area contributed by atoms with Crippen LogP contribution in [-0.2, 0) is 6.42 Å². The van der Waals surface area contributed by atoms with Crippen molar-refractivity contribution in [3.63, 3.8) is 0 Å². The molecule has 0 spiro atoms. The van der Waals surface area contributed by atoms with Crippen LogP contribution in [0.2, 0.25) is 0 Å². The Balaban J connectivity index is 2.03. The van der Waals surface area contributed by atoms with Gasteiger partial charge in [0.05, 0.1) is 0 Å². The van der Waals surface area contributed by atoms with Crippen LogP contribution in [0.15, 0.2) is 18.2 Å². The molecule has 1 nitrogen and oxygen atoms in total. The maximum absolute atomic E-state index is 2.54. The number of hydrogen-bond acceptors (Lipinski definition) is 1. The lowest BCUT2D eigenvalue weighted by atomic mass is 9.75. The molecule has 0 amide bonds. The second-order valence-corrected chi connectivity index (χ2v) is 5.26. The molecule has 1 aliphatic carbocycles. The Kier molecular flexibility index (Phi) is 2.10. The van der Waals surface area contributed by atoms with Gasteiger partial charge in [-0.25, -0.2) is 0 Å². The van der Waals surface area contributed by atoms with Crippen molar-refractivity contribution in [2.24, 2.45) is 0 Å². The molecule has 2 bridgehead atoms. The third-order valence-corrected chi connectivity index (χ3v) is 4.20. The predicted octanol–water partition coefficient (Wildman–Crippen LogP) is 2.73. The molecule has 0 radical (unpaired) electrons. The minimum atomic E-state index is 0.804. The van der Waals surface area contributed by atoms with Gasteiger partial charge in [0.1, 0.15) is 0 Å². The topological polar surface area (TPSA) is 3.24 Å². The second-order valence-electron chi connectivity index (χ2n) is 5.26. The van der Waals surface area contributed by atoms with Crippen molar-refractivity contribution in [1.82, 2.24) is 4.90 Å². The van der Waals surface area contributed by atoms with Gasteiger partial charge >= 0.3 is 0 Å². The molecule has 1 fully saturated rings. The number of likely N-dealkylation sites (tertiary alicyclic amines) is 1. The number of piperidine rings is 1. The fourth-order valence-corrected chi connectivity index (χ4v) is 3.25. The zero-order chi connectivity index (χ0) is 10.4. The van der Waals surface area contributed by atoms with Crippen molar-refractivity contribution in [3.05, 3.63) is 34.9 Å². The predicted molar refractivity (Wildman–Crippen MR) is 63.3 cm³/mol. The van der Waals surface area contributed by atoms with Crippen LogP contribution in [0.4, 0.5) is 0 Å². The van der Waals surface area contributed by atoms with Crippen molar-refractivity contribution in [3.8, 4) is 0 Å². The van der Waals surface area contributed by atoms with E-state index in [9.17, 15) is 0 Å². The first kappa shape index (κ1) is 9.41. The molecule has 0 N–H and O–H groups in total.